The molecule has 2 aromatic heterocycles. The van der Waals surface area contributed by atoms with Crippen molar-refractivity contribution in [2.75, 3.05) is 18.0 Å². The van der Waals surface area contributed by atoms with Gasteiger partial charge in [-0.25, -0.2) is 28.1 Å². The highest BCUT2D eigenvalue weighted by Gasteiger charge is 2.19. The number of aromatic nitrogens is 4. The molecule has 0 saturated carbocycles. The third kappa shape index (κ3) is 4.16. The number of sulfonamides is 1. The van der Waals surface area contributed by atoms with E-state index in [9.17, 15) is 8.42 Å². The summed E-state index contributed by atoms with van der Waals surface area (Å²) >= 11 is 0. The van der Waals surface area contributed by atoms with Crippen LogP contribution in [-0.2, 0) is 16.6 Å². The number of anilines is 1. The SMILES string of the molecule is Cc1cc(CNS(=O)(=O)c2cn(C(C)C)cn2)nc(N2CCCC2)n1. The van der Waals surface area contributed by atoms with Crippen LogP contribution >= 0.6 is 0 Å². The molecule has 8 nitrogen and oxygen atoms in total. The van der Waals surface area contributed by atoms with Gasteiger partial charge >= 0.3 is 0 Å². The van der Waals surface area contributed by atoms with E-state index in [1.165, 1.54) is 12.5 Å². The Kier molecular flexibility index (Phi) is 5.05. The molecule has 9 heteroatoms. The van der Waals surface area contributed by atoms with E-state index in [0.717, 1.165) is 31.6 Å². The van der Waals surface area contributed by atoms with E-state index in [-0.39, 0.29) is 17.6 Å². The van der Waals surface area contributed by atoms with Crippen molar-refractivity contribution in [3.8, 4) is 0 Å². The quantitative estimate of drug-likeness (QED) is 0.838. The maximum atomic E-state index is 12.4. The molecular formula is C16H24N6O2S. The Balaban J connectivity index is 1.73. The summed E-state index contributed by atoms with van der Waals surface area (Å²) in [4.78, 5) is 15.1. The van der Waals surface area contributed by atoms with Gasteiger partial charge in [0.2, 0.25) is 5.95 Å². The molecule has 3 rings (SSSR count). The Morgan fingerprint density at radius 2 is 1.96 bits per heavy atom. The standard InChI is InChI=1S/C16H24N6O2S/c1-12(2)22-10-15(17-11-22)25(23,24)18-9-14-8-13(3)19-16(20-14)21-6-4-5-7-21/h8,10-12,18H,4-7,9H2,1-3H3. The zero-order valence-corrected chi connectivity index (χ0v) is 15.6. The minimum absolute atomic E-state index is 0.0201. The molecule has 136 valence electrons. The summed E-state index contributed by atoms with van der Waals surface area (Å²) in [6.07, 6.45) is 5.34. The van der Waals surface area contributed by atoms with Gasteiger partial charge in [0.15, 0.2) is 5.03 Å². The minimum Gasteiger partial charge on any atom is -0.341 e. The summed E-state index contributed by atoms with van der Waals surface area (Å²) < 4.78 is 29.2. The van der Waals surface area contributed by atoms with Crippen LogP contribution in [0.1, 0.15) is 44.1 Å². The van der Waals surface area contributed by atoms with Crippen molar-refractivity contribution in [2.45, 2.75) is 51.2 Å². The maximum absolute atomic E-state index is 12.4. The van der Waals surface area contributed by atoms with E-state index in [0.29, 0.717) is 11.6 Å². The zero-order valence-electron chi connectivity index (χ0n) is 14.8. The van der Waals surface area contributed by atoms with E-state index in [4.69, 9.17) is 0 Å². The van der Waals surface area contributed by atoms with E-state index in [2.05, 4.69) is 24.6 Å². The van der Waals surface area contributed by atoms with Gasteiger partial charge in [0.1, 0.15) is 0 Å². The first kappa shape index (κ1) is 17.8. The molecule has 1 fully saturated rings. The molecule has 3 heterocycles. The molecule has 1 aliphatic heterocycles. The first-order valence-electron chi connectivity index (χ1n) is 8.48. The molecule has 0 aliphatic carbocycles. The highest BCUT2D eigenvalue weighted by atomic mass is 32.2. The average Bonchev–Trinajstić information content (AvgIpc) is 3.24. The van der Waals surface area contributed by atoms with Crippen molar-refractivity contribution >= 4 is 16.0 Å². The zero-order chi connectivity index (χ0) is 18.0. The Morgan fingerprint density at radius 1 is 1.24 bits per heavy atom. The number of aryl methyl sites for hydroxylation is 1. The summed E-state index contributed by atoms with van der Waals surface area (Å²) in [5.74, 6) is 0.677. The van der Waals surface area contributed by atoms with Gasteiger partial charge in [0.05, 0.1) is 18.6 Å². The molecule has 0 spiro atoms. The van der Waals surface area contributed by atoms with Gasteiger partial charge in [-0.15, -0.1) is 0 Å². The van der Waals surface area contributed by atoms with Crippen molar-refractivity contribution in [3.05, 3.63) is 30.0 Å². The second-order valence-corrected chi connectivity index (χ2v) is 8.29. The van der Waals surface area contributed by atoms with Gasteiger partial charge in [-0.1, -0.05) is 0 Å². The largest absolute Gasteiger partial charge is 0.341 e. The minimum atomic E-state index is -3.67. The van der Waals surface area contributed by atoms with Crippen molar-refractivity contribution in [2.24, 2.45) is 0 Å². The lowest BCUT2D eigenvalue weighted by Crippen LogP contribution is -2.26. The molecule has 25 heavy (non-hydrogen) atoms. The van der Waals surface area contributed by atoms with Crippen molar-refractivity contribution < 1.29 is 8.42 Å². The van der Waals surface area contributed by atoms with E-state index >= 15 is 0 Å². The summed E-state index contributed by atoms with van der Waals surface area (Å²) in [5.41, 5.74) is 1.48. The van der Waals surface area contributed by atoms with Gasteiger partial charge in [0, 0.05) is 31.0 Å². The lowest BCUT2D eigenvalue weighted by molar-refractivity contribution is 0.575. The van der Waals surface area contributed by atoms with Gasteiger partial charge in [0.25, 0.3) is 10.0 Å². The predicted octanol–water partition coefficient (Wildman–Crippen LogP) is 1.64. The maximum Gasteiger partial charge on any atom is 0.259 e. The van der Waals surface area contributed by atoms with Crippen molar-refractivity contribution in [1.29, 1.82) is 0 Å². The fourth-order valence-electron chi connectivity index (χ4n) is 2.75. The molecule has 1 aliphatic rings. The highest BCUT2D eigenvalue weighted by molar-refractivity contribution is 7.89. The van der Waals surface area contributed by atoms with E-state index in [1.807, 2.05) is 20.8 Å². The van der Waals surface area contributed by atoms with Crippen LogP contribution in [0, 0.1) is 6.92 Å². The summed E-state index contributed by atoms with van der Waals surface area (Å²) in [6.45, 7) is 7.83. The first-order chi connectivity index (χ1) is 11.8. The lowest BCUT2D eigenvalue weighted by atomic mass is 10.3. The normalized spacial score (nSPS) is 15.3. The third-order valence-electron chi connectivity index (χ3n) is 4.18. The van der Waals surface area contributed by atoms with Gasteiger partial charge in [-0.2, -0.15) is 0 Å². The monoisotopic (exact) mass is 364 g/mol. The fraction of sp³-hybridized carbons (Fsp3) is 0.562. The lowest BCUT2D eigenvalue weighted by Gasteiger charge is -2.16. The molecule has 1 N–H and O–H groups in total. The molecule has 0 aromatic carbocycles. The Labute approximate surface area is 148 Å². The van der Waals surface area contributed by atoms with Gasteiger partial charge < -0.3 is 9.47 Å². The number of hydrogen-bond donors (Lipinski definition) is 1. The Bertz CT molecular complexity index is 840. The van der Waals surface area contributed by atoms with Crippen LogP contribution in [0.25, 0.3) is 0 Å². The van der Waals surface area contributed by atoms with E-state index in [1.54, 1.807) is 10.6 Å². The van der Waals surface area contributed by atoms with Crippen LogP contribution in [0.15, 0.2) is 23.6 Å². The number of hydrogen-bond acceptors (Lipinski definition) is 6. The van der Waals surface area contributed by atoms with Crippen LogP contribution < -0.4 is 9.62 Å². The topological polar surface area (TPSA) is 93.0 Å². The Hall–Kier alpha value is -2.00. The molecule has 0 unspecified atom stereocenters. The number of nitrogens with one attached hydrogen (secondary N) is 1. The number of imidazole rings is 1. The molecule has 1 saturated heterocycles. The van der Waals surface area contributed by atoms with Crippen molar-refractivity contribution in [1.82, 2.24) is 24.2 Å². The molecule has 2 aromatic rings. The fourth-order valence-corrected chi connectivity index (χ4v) is 3.68. The first-order valence-corrected chi connectivity index (χ1v) is 9.96. The third-order valence-corrected chi connectivity index (χ3v) is 5.46. The predicted molar refractivity (Wildman–Crippen MR) is 94.9 cm³/mol. The van der Waals surface area contributed by atoms with Crippen LogP contribution in [0.3, 0.4) is 0 Å². The molecule has 0 radical (unpaired) electrons. The van der Waals surface area contributed by atoms with Crippen LogP contribution in [-0.4, -0.2) is 41.0 Å². The van der Waals surface area contributed by atoms with Gasteiger partial charge in [-0.3, -0.25) is 0 Å². The molecule has 0 atom stereocenters. The number of rotatable bonds is 6. The van der Waals surface area contributed by atoms with Crippen molar-refractivity contribution in [3.63, 3.8) is 0 Å². The average molecular weight is 364 g/mol. The second kappa shape index (κ2) is 7.09. The summed E-state index contributed by atoms with van der Waals surface area (Å²) in [6, 6.07) is 1.96. The Morgan fingerprint density at radius 3 is 2.60 bits per heavy atom. The van der Waals surface area contributed by atoms with Crippen LogP contribution in [0.4, 0.5) is 5.95 Å². The van der Waals surface area contributed by atoms with E-state index < -0.39 is 10.0 Å². The summed E-state index contributed by atoms with van der Waals surface area (Å²) in [5, 5.41) is 0.0201. The highest BCUT2D eigenvalue weighted by Crippen LogP contribution is 2.17. The number of nitrogens with zero attached hydrogens (tertiary/aromatic N) is 5. The van der Waals surface area contributed by atoms with Crippen LogP contribution in [0.2, 0.25) is 0 Å². The second-order valence-electron chi connectivity index (χ2n) is 6.57. The smallest absolute Gasteiger partial charge is 0.259 e. The summed E-state index contributed by atoms with van der Waals surface area (Å²) in [7, 11) is -3.67. The molecule has 0 amide bonds. The molecule has 0 bridgehead atoms. The molecular weight excluding hydrogens is 340 g/mol. The van der Waals surface area contributed by atoms with Gasteiger partial charge in [-0.05, 0) is 39.7 Å². The van der Waals surface area contributed by atoms with Crippen LogP contribution in [0.5, 0.6) is 0 Å².